The summed E-state index contributed by atoms with van der Waals surface area (Å²) in [5, 5.41) is 3.69. The van der Waals surface area contributed by atoms with Gasteiger partial charge < -0.3 is 10.2 Å². The van der Waals surface area contributed by atoms with Gasteiger partial charge in [0.05, 0.1) is 0 Å². The Morgan fingerprint density at radius 1 is 1.44 bits per heavy atom. The average Bonchev–Trinajstić information content (AvgIpc) is 2.36. The largest absolute Gasteiger partial charge is 0.310 e. The van der Waals surface area contributed by atoms with Crippen molar-refractivity contribution in [2.75, 3.05) is 26.7 Å². The van der Waals surface area contributed by atoms with Gasteiger partial charge in [-0.05, 0) is 58.3 Å². The van der Waals surface area contributed by atoms with E-state index in [9.17, 15) is 0 Å². The first-order chi connectivity index (χ1) is 8.65. The van der Waals surface area contributed by atoms with Gasteiger partial charge in [-0.25, -0.2) is 0 Å². The van der Waals surface area contributed by atoms with Crippen LogP contribution in [0.1, 0.15) is 36.9 Å². The molecule has 1 N–H and O–H groups in total. The fraction of sp³-hybridized carbons (Fsp3) is 0.625. The summed E-state index contributed by atoms with van der Waals surface area (Å²) in [4.78, 5) is 2.45. The van der Waals surface area contributed by atoms with E-state index in [1.165, 1.54) is 37.1 Å². The lowest BCUT2D eigenvalue weighted by Gasteiger charge is -2.30. The highest BCUT2D eigenvalue weighted by molar-refractivity contribution is 5.24. The van der Waals surface area contributed by atoms with Gasteiger partial charge >= 0.3 is 0 Å². The first-order valence-electron chi connectivity index (χ1n) is 7.13. The van der Waals surface area contributed by atoms with Gasteiger partial charge in [0.2, 0.25) is 0 Å². The fourth-order valence-electron chi connectivity index (χ4n) is 2.84. The van der Waals surface area contributed by atoms with Crippen LogP contribution >= 0.6 is 0 Å². The molecule has 0 bridgehead atoms. The molecule has 1 aliphatic heterocycles. The van der Waals surface area contributed by atoms with Gasteiger partial charge in [-0.2, -0.15) is 0 Å². The highest BCUT2D eigenvalue weighted by Crippen LogP contribution is 2.17. The zero-order valence-electron chi connectivity index (χ0n) is 11.9. The van der Waals surface area contributed by atoms with E-state index < -0.39 is 0 Å². The summed E-state index contributed by atoms with van der Waals surface area (Å²) < 4.78 is 0. The van der Waals surface area contributed by atoms with Crippen LogP contribution in [0.2, 0.25) is 0 Å². The number of hydrogen-bond donors (Lipinski definition) is 1. The molecule has 0 aromatic heterocycles. The number of rotatable bonds is 4. The molecule has 2 rings (SSSR count). The number of likely N-dealkylation sites (tertiary alicyclic amines) is 1. The standard InChI is InChI=1S/C16H26N2/c1-13-6-4-8-16(10-13)14(2)17-11-15-7-5-9-18(3)12-15/h4,6,8,10,14-15,17H,5,7,9,11-12H2,1-3H3/t14-,15?/m1/s1. The van der Waals surface area contributed by atoms with Crippen molar-refractivity contribution < 1.29 is 0 Å². The van der Waals surface area contributed by atoms with Crippen molar-refractivity contribution in [3.05, 3.63) is 35.4 Å². The molecule has 18 heavy (non-hydrogen) atoms. The SMILES string of the molecule is Cc1cccc([C@@H](C)NCC2CCCN(C)C2)c1. The maximum absolute atomic E-state index is 3.69. The Bertz CT molecular complexity index is 375. The summed E-state index contributed by atoms with van der Waals surface area (Å²) in [5.41, 5.74) is 2.75. The zero-order valence-corrected chi connectivity index (χ0v) is 11.9. The first-order valence-corrected chi connectivity index (χ1v) is 7.13. The van der Waals surface area contributed by atoms with Gasteiger partial charge in [0.25, 0.3) is 0 Å². The molecule has 1 unspecified atom stereocenters. The third kappa shape index (κ3) is 3.82. The molecule has 0 spiro atoms. The molecule has 1 heterocycles. The monoisotopic (exact) mass is 246 g/mol. The van der Waals surface area contributed by atoms with E-state index in [1.54, 1.807) is 0 Å². The Hall–Kier alpha value is -0.860. The van der Waals surface area contributed by atoms with E-state index >= 15 is 0 Å². The van der Waals surface area contributed by atoms with E-state index in [0.29, 0.717) is 6.04 Å². The molecule has 2 atom stereocenters. The second-order valence-electron chi connectivity index (χ2n) is 5.81. The Morgan fingerprint density at radius 3 is 3.00 bits per heavy atom. The van der Waals surface area contributed by atoms with Gasteiger partial charge in [0, 0.05) is 12.6 Å². The third-order valence-electron chi connectivity index (χ3n) is 3.98. The van der Waals surface area contributed by atoms with E-state index in [2.05, 4.69) is 55.4 Å². The third-order valence-corrected chi connectivity index (χ3v) is 3.98. The van der Waals surface area contributed by atoms with Crippen molar-refractivity contribution >= 4 is 0 Å². The maximum atomic E-state index is 3.69. The Kier molecular flexibility index (Phi) is 4.79. The number of benzene rings is 1. The number of aryl methyl sites for hydroxylation is 1. The summed E-state index contributed by atoms with van der Waals surface area (Å²) in [6, 6.07) is 9.27. The van der Waals surface area contributed by atoms with Crippen molar-refractivity contribution in [3.8, 4) is 0 Å². The predicted molar refractivity (Wildman–Crippen MR) is 77.8 cm³/mol. The van der Waals surface area contributed by atoms with Crippen LogP contribution in [0.4, 0.5) is 0 Å². The van der Waals surface area contributed by atoms with E-state index in [1.807, 2.05) is 0 Å². The Labute approximate surface area is 111 Å². The lowest BCUT2D eigenvalue weighted by atomic mass is 9.97. The minimum atomic E-state index is 0.456. The van der Waals surface area contributed by atoms with E-state index in [4.69, 9.17) is 0 Å². The van der Waals surface area contributed by atoms with Crippen LogP contribution in [0.25, 0.3) is 0 Å². The van der Waals surface area contributed by atoms with Crippen molar-refractivity contribution in [3.63, 3.8) is 0 Å². The zero-order chi connectivity index (χ0) is 13.0. The Balaban J connectivity index is 1.82. The van der Waals surface area contributed by atoms with Gasteiger partial charge in [0.1, 0.15) is 0 Å². The highest BCUT2D eigenvalue weighted by atomic mass is 15.1. The minimum absolute atomic E-state index is 0.456. The molecule has 100 valence electrons. The minimum Gasteiger partial charge on any atom is -0.310 e. The molecule has 0 saturated carbocycles. The first kappa shape index (κ1) is 13.6. The molecule has 2 nitrogen and oxygen atoms in total. The van der Waals surface area contributed by atoms with Gasteiger partial charge in [0.15, 0.2) is 0 Å². The molecule has 0 amide bonds. The molecule has 1 aromatic carbocycles. The summed E-state index contributed by atoms with van der Waals surface area (Å²) in [5.74, 6) is 0.816. The number of nitrogens with one attached hydrogen (secondary N) is 1. The maximum Gasteiger partial charge on any atom is 0.0292 e. The normalized spacial score (nSPS) is 22.9. The number of hydrogen-bond acceptors (Lipinski definition) is 2. The fourth-order valence-corrected chi connectivity index (χ4v) is 2.84. The van der Waals surface area contributed by atoms with Crippen LogP contribution in [-0.2, 0) is 0 Å². The second-order valence-corrected chi connectivity index (χ2v) is 5.81. The quantitative estimate of drug-likeness (QED) is 0.878. The lowest BCUT2D eigenvalue weighted by Crippen LogP contribution is -2.37. The average molecular weight is 246 g/mol. The molecule has 1 fully saturated rings. The second kappa shape index (κ2) is 6.35. The molecule has 0 aliphatic carbocycles. The summed E-state index contributed by atoms with van der Waals surface area (Å²) in [7, 11) is 2.23. The van der Waals surface area contributed by atoms with Crippen LogP contribution in [0.5, 0.6) is 0 Å². The van der Waals surface area contributed by atoms with Crippen LogP contribution in [0, 0.1) is 12.8 Å². The highest BCUT2D eigenvalue weighted by Gasteiger charge is 2.17. The summed E-state index contributed by atoms with van der Waals surface area (Å²) >= 11 is 0. The van der Waals surface area contributed by atoms with Crippen molar-refractivity contribution in [2.45, 2.75) is 32.7 Å². The molecular formula is C16H26N2. The number of piperidine rings is 1. The van der Waals surface area contributed by atoms with Gasteiger partial charge in [-0.1, -0.05) is 29.8 Å². The summed E-state index contributed by atoms with van der Waals surface area (Å²) in [6.07, 6.45) is 2.72. The van der Waals surface area contributed by atoms with E-state index in [0.717, 1.165) is 12.5 Å². The molecule has 1 aliphatic rings. The van der Waals surface area contributed by atoms with E-state index in [-0.39, 0.29) is 0 Å². The van der Waals surface area contributed by atoms with Crippen LogP contribution < -0.4 is 5.32 Å². The molecular weight excluding hydrogens is 220 g/mol. The number of nitrogens with zero attached hydrogens (tertiary/aromatic N) is 1. The van der Waals surface area contributed by atoms with Gasteiger partial charge in [-0.15, -0.1) is 0 Å². The predicted octanol–water partition coefficient (Wildman–Crippen LogP) is 2.99. The van der Waals surface area contributed by atoms with Crippen molar-refractivity contribution in [1.29, 1.82) is 0 Å². The van der Waals surface area contributed by atoms with Gasteiger partial charge in [-0.3, -0.25) is 0 Å². The van der Waals surface area contributed by atoms with Crippen molar-refractivity contribution in [1.82, 2.24) is 10.2 Å². The molecule has 2 heteroatoms. The Morgan fingerprint density at radius 2 is 2.28 bits per heavy atom. The molecule has 0 radical (unpaired) electrons. The molecule has 1 aromatic rings. The topological polar surface area (TPSA) is 15.3 Å². The van der Waals surface area contributed by atoms with Crippen LogP contribution in [0.3, 0.4) is 0 Å². The van der Waals surface area contributed by atoms with Crippen molar-refractivity contribution in [2.24, 2.45) is 5.92 Å². The van der Waals surface area contributed by atoms with Crippen LogP contribution in [-0.4, -0.2) is 31.6 Å². The lowest BCUT2D eigenvalue weighted by molar-refractivity contribution is 0.203. The molecule has 1 saturated heterocycles. The summed E-state index contributed by atoms with van der Waals surface area (Å²) in [6.45, 7) is 8.07. The van der Waals surface area contributed by atoms with Crippen LogP contribution in [0.15, 0.2) is 24.3 Å². The smallest absolute Gasteiger partial charge is 0.0292 e.